The standard InChI is InChI=1S/C11H15N5O/c1-16(4-7-2-8(17)3-7)11-9-10(13-5-12-9)14-6-15-11/h5-8,17H,2-4H2,1H3,(H,12,13,14,15). The smallest absolute Gasteiger partial charge is 0.182 e. The van der Waals surface area contributed by atoms with Crippen molar-refractivity contribution in [1.29, 1.82) is 0 Å². The van der Waals surface area contributed by atoms with E-state index in [1.165, 1.54) is 6.33 Å². The fourth-order valence-corrected chi connectivity index (χ4v) is 2.37. The second-order valence-corrected chi connectivity index (χ2v) is 4.67. The molecule has 17 heavy (non-hydrogen) atoms. The molecule has 0 aromatic carbocycles. The van der Waals surface area contributed by atoms with Crippen LogP contribution >= 0.6 is 0 Å². The van der Waals surface area contributed by atoms with Crippen LogP contribution < -0.4 is 4.90 Å². The third-order valence-corrected chi connectivity index (χ3v) is 3.31. The molecule has 1 aliphatic rings. The first-order valence-electron chi connectivity index (χ1n) is 5.77. The largest absolute Gasteiger partial charge is 0.393 e. The first kappa shape index (κ1) is 10.5. The molecule has 0 radical (unpaired) electrons. The Balaban J connectivity index is 1.80. The first-order chi connectivity index (χ1) is 8.24. The number of fused-ring (bicyclic) bond motifs is 1. The normalized spacial score (nSPS) is 23.6. The van der Waals surface area contributed by atoms with Gasteiger partial charge in [-0.25, -0.2) is 15.0 Å². The Morgan fingerprint density at radius 3 is 3.00 bits per heavy atom. The Hall–Kier alpha value is -1.69. The fourth-order valence-electron chi connectivity index (χ4n) is 2.37. The zero-order chi connectivity index (χ0) is 11.8. The van der Waals surface area contributed by atoms with Gasteiger partial charge in [0.25, 0.3) is 0 Å². The van der Waals surface area contributed by atoms with Crippen LogP contribution in [0.5, 0.6) is 0 Å². The number of hydrogen-bond donors (Lipinski definition) is 2. The molecule has 0 unspecified atom stereocenters. The topological polar surface area (TPSA) is 77.9 Å². The minimum Gasteiger partial charge on any atom is -0.393 e. The van der Waals surface area contributed by atoms with Crippen LogP contribution in [0.15, 0.2) is 12.7 Å². The van der Waals surface area contributed by atoms with E-state index in [1.54, 1.807) is 6.33 Å². The van der Waals surface area contributed by atoms with Crippen molar-refractivity contribution in [2.45, 2.75) is 18.9 Å². The molecule has 90 valence electrons. The van der Waals surface area contributed by atoms with E-state index in [-0.39, 0.29) is 6.10 Å². The molecule has 2 N–H and O–H groups in total. The van der Waals surface area contributed by atoms with Gasteiger partial charge in [0, 0.05) is 13.6 Å². The number of H-pyrrole nitrogens is 1. The van der Waals surface area contributed by atoms with E-state index in [9.17, 15) is 5.11 Å². The second-order valence-electron chi connectivity index (χ2n) is 4.67. The lowest BCUT2D eigenvalue weighted by Gasteiger charge is -2.34. The van der Waals surface area contributed by atoms with E-state index >= 15 is 0 Å². The van der Waals surface area contributed by atoms with Crippen LogP contribution in [0.1, 0.15) is 12.8 Å². The van der Waals surface area contributed by atoms with Gasteiger partial charge < -0.3 is 15.0 Å². The van der Waals surface area contributed by atoms with Crippen molar-refractivity contribution in [2.75, 3.05) is 18.5 Å². The number of aromatic nitrogens is 4. The molecule has 0 atom stereocenters. The number of nitrogens with zero attached hydrogens (tertiary/aromatic N) is 4. The molecule has 1 aliphatic carbocycles. The van der Waals surface area contributed by atoms with Crippen LogP contribution in [0.3, 0.4) is 0 Å². The van der Waals surface area contributed by atoms with Crippen LogP contribution in [-0.4, -0.2) is 44.7 Å². The third-order valence-electron chi connectivity index (χ3n) is 3.31. The summed E-state index contributed by atoms with van der Waals surface area (Å²) >= 11 is 0. The molecule has 0 saturated heterocycles. The van der Waals surface area contributed by atoms with Crippen molar-refractivity contribution in [3.8, 4) is 0 Å². The number of aliphatic hydroxyl groups excluding tert-OH is 1. The highest BCUT2D eigenvalue weighted by atomic mass is 16.3. The molecular formula is C11H15N5O. The van der Waals surface area contributed by atoms with Gasteiger partial charge in [0.2, 0.25) is 0 Å². The van der Waals surface area contributed by atoms with Crippen molar-refractivity contribution < 1.29 is 5.11 Å². The van der Waals surface area contributed by atoms with Crippen molar-refractivity contribution in [1.82, 2.24) is 19.9 Å². The first-order valence-corrected chi connectivity index (χ1v) is 5.77. The van der Waals surface area contributed by atoms with E-state index in [4.69, 9.17) is 0 Å². The molecule has 2 aromatic heterocycles. The van der Waals surface area contributed by atoms with Crippen molar-refractivity contribution >= 4 is 17.0 Å². The molecule has 6 heteroatoms. The molecule has 0 amide bonds. The number of anilines is 1. The number of aliphatic hydroxyl groups is 1. The minimum absolute atomic E-state index is 0.106. The molecule has 0 bridgehead atoms. The SMILES string of the molecule is CN(CC1CC(O)C1)c1ncnc2nc[nH]c12. The lowest BCUT2D eigenvalue weighted by Crippen LogP contribution is -2.37. The third kappa shape index (κ3) is 1.84. The van der Waals surface area contributed by atoms with E-state index in [0.29, 0.717) is 11.6 Å². The van der Waals surface area contributed by atoms with Crippen molar-refractivity contribution in [3.05, 3.63) is 12.7 Å². The Morgan fingerprint density at radius 2 is 2.24 bits per heavy atom. The van der Waals surface area contributed by atoms with Gasteiger partial charge in [-0.1, -0.05) is 0 Å². The van der Waals surface area contributed by atoms with Crippen molar-refractivity contribution in [3.63, 3.8) is 0 Å². The molecule has 0 spiro atoms. The highest BCUT2D eigenvalue weighted by Gasteiger charge is 2.28. The van der Waals surface area contributed by atoms with Gasteiger partial charge in [-0.15, -0.1) is 0 Å². The van der Waals surface area contributed by atoms with Crippen LogP contribution in [0.25, 0.3) is 11.2 Å². The molecule has 0 aliphatic heterocycles. The molecule has 2 aromatic rings. The Bertz CT molecular complexity index is 519. The van der Waals surface area contributed by atoms with Crippen LogP contribution in [-0.2, 0) is 0 Å². The zero-order valence-corrected chi connectivity index (χ0v) is 9.67. The molecule has 1 saturated carbocycles. The van der Waals surface area contributed by atoms with E-state index in [1.807, 2.05) is 7.05 Å². The average molecular weight is 233 g/mol. The average Bonchev–Trinajstić information content (AvgIpc) is 2.74. The zero-order valence-electron chi connectivity index (χ0n) is 9.67. The van der Waals surface area contributed by atoms with Gasteiger partial charge in [0.15, 0.2) is 11.5 Å². The van der Waals surface area contributed by atoms with Gasteiger partial charge in [-0.2, -0.15) is 0 Å². The highest BCUT2D eigenvalue weighted by Crippen LogP contribution is 2.29. The summed E-state index contributed by atoms with van der Waals surface area (Å²) in [6, 6.07) is 0. The lowest BCUT2D eigenvalue weighted by atomic mass is 9.82. The summed E-state index contributed by atoms with van der Waals surface area (Å²) in [4.78, 5) is 17.6. The monoisotopic (exact) mass is 233 g/mol. The summed E-state index contributed by atoms with van der Waals surface area (Å²) in [7, 11) is 2.01. The molecular weight excluding hydrogens is 218 g/mol. The Labute approximate surface area is 98.7 Å². The number of nitrogens with one attached hydrogen (secondary N) is 1. The summed E-state index contributed by atoms with van der Waals surface area (Å²) in [5, 5.41) is 9.28. The van der Waals surface area contributed by atoms with Crippen LogP contribution in [0.2, 0.25) is 0 Å². The summed E-state index contributed by atoms with van der Waals surface area (Å²) in [6.45, 7) is 0.905. The predicted octanol–water partition coefficient (Wildman–Crippen LogP) is 0.560. The summed E-state index contributed by atoms with van der Waals surface area (Å²) in [5.41, 5.74) is 1.56. The number of aromatic amines is 1. The van der Waals surface area contributed by atoms with Gasteiger partial charge in [-0.05, 0) is 18.8 Å². The van der Waals surface area contributed by atoms with Crippen LogP contribution in [0.4, 0.5) is 5.82 Å². The number of rotatable bonds is 3. The maximum atomic E-state index is 9.28. The van der Waals surface area contributed by atoms with Gasteiger partial charge in [0.05, 0.1) is 12.4 Å². The summed E-state index contributed by atoms with van der Waals surface area (Å²) in [6.07, 6.45) is 4.84. The fraction of sp³-hybridized carbons (Fsp3) is 0.545. The predicted molar refractivity (Wildman–Crippen MR) is 63.7 cm³/mol. The van der Waals surface area contributed by atoms with Gasteiger partial charge in [0.1, 0.15) is 11.8 Å². The summed E-state index contributed by atoms with van der Waals surface area (Å²) in [5.74, 6) is 1.43. The summed E-state index contributed by atoms with van der Waals surface area (Å²) < 4.78 is 0. The molecule has 1 fully saturated rings. The highest BCUT2D eigenvalue weighted by molar-refractivity contribution is 5.82. The minimum atomic E-state index is -0.106. The Morgan fingerprint density at radius 1 is 1.41 bits per heavy atom. The second kappa shape index (κ2) is 3.96. The molecule has 3 rings (SSSR count). The van der Waals surface area contributed by atoms with Crippen molar-refractivity contribution in [2.24, 2.45) is 5.92 Å². The van der Waals surface area contributed by atoms with Gasteiger partial charge in [-0.3, -0.25) is 0 Å². The van der Waals surface area contributed by atoms with Crippen LogP contribution in [0, 0.1) is 5.92 Å². The quantitative estimate of drug-likeness (QED) is 0.810. The molecule has 2 heterocycles. The maximum Gasteiger partial charge on any atom is 0.182 e. The maximum absolute atomic E-state index is 9.28. The number of imidazole rings is 1. The van der Waals surface area contributed by atoms with Gasteiger partial charge >= 0.3 is 0 Å². The van der Waals surface area contributed by atoms with E-state index in [0.717, 1.165) is 30.7 Å². The number of hydrogen-bond acceptors (Lipinski definition) is 5. The Kier molecular flexibility index (Phi) is 2.44. The van der Waals surface area contributed by atoms with E-state index < -0.39 is 0 Å². The van der Waals surface area contributed by atoms with E-state index in [2.05, 4.69) is 24.8 Å². The molecule has 6 nitrogen and oxygen atoms in total. The lowest BCUT2D eigenvalue weighted by molar-refractivity contribution is 0.0464.